The van der Waals surface area contributed by atoms with Crippen LogP contribution < -0.4 is 20.7 Å². The summed E-state index contributed by atoms with van der Waals surface area (Å²) >= 11 is 0. The Labute approximate surface area is 277 Å². The average Bonchev–Trinajstić information content (AvgIpc) is 3.37. The number of ether oxygens (including phenoxy) is 1. The van der Waals surface area contributed by atoms with Crippen LogP contribution in [0.4, 0.5) is 23.0 Å². The maximum absolute atomic E-state index is 13.8. The minimum atomic E-state index is -0.227. The first-order valence-electron chi connectivity index (χ1n) is 16.9. The van der Waals surface area contributed by atoms with Gasteiger partial charge in [-0.15, -0.1) is 0 Å². The molecule has 1 saturated carbocycles. The van der Waals surface area contributed by atoms with Crippen LogP contribution >= 0.6 is 0 Å². The molecular weight excluding hydrogens is 608 g/mol. The zero-order valence-electron chi connectivity index (χ0n) is 27.1. The number of anilines is 4. The van der Waals surface area contributed by atoms with Gasteiger partial charge in [-0.25, -0.2) is 9.97 Å². The quantitative estimate of drug-likeness (QED) is 0.300. The lowest BCUT2D eigenvalue weighted by Gasteiger charge is -2.47. The van der Waals surface area contributed by atoms with Gasteiger partial charge in [0.2, 0.25) is 0 Å². The average molecular weight is 647 g/mol. The van der Waals surface area contributed by atoms with Gasteiger partial charge in [-0.2, -0.15) is 0 Å². The molecule has 48 heavy (non-hydrogen) atoms. The lowest BCUT2D eigenvalue weighted by atomic mass is 9.59. The Hall–Kier alpha value is -4.81. The number of carbonyl (C=O) groups excluding carboxylic acids is 2. The first-order chi connectivity index (χ1) is 23.4. The van der Waals surface area contributed by atoms with Crippen molar-refractivity contribution in [2.45, 2.75) is 50.2 Å². The molecule has 1 N–H and O–H groups in total. The summed E-state index contributed by atoms with van der Waals surface area (Å²) in [5, 5.41) is 3.20. The van der Waals surface area contributed by atoms with E-state index in [0.29, 0.717) is 76.7 Å². The fourth-order valence-electron chi connectivity index (χ4n) is 8.36. The van der Waals surface area contributed by atoms with Gasteiger partial charge in [0.25, 0.3) is 11.5 Å². The van der Waals surface area contributed by atoms with Crippen LogP contribution in [0.15, 0.2) is 53.7 Å². The van der Waals surface area contributed by atoms with E-state index in [-0.39, 0.29) is 11.5 Å². The van der Waals surface area contributed by atoms with Crippen molar-refractivity contribution < 1.29 is 14.3 Å². The third-order valence-electron chi connectivity index (χ3n) is 11.2. The van der Waals surface area contributed by atoms with Crippen molar-refractivity contribution in [1.82, 2.24) is 24.0 Å². The standard InChI is InChI=1S/C36H38N8O4/c1-21-16-41(24-19-48-20-24)9-10-42(21)23-3-6-32(38-15-23)39-30-13-22(17-40(2)35(30)46)25-7-8-37-34(29(25)18-45)44-12-11-43-31(36(44)47)14-28-26-4-5-27(26)33(28)43/h3,6-8,13-15,17-18,21,24,26-27H,4-5,9-12,16,19-20H2,1-2H3,(H,38,39)/t21-,26?,27+/m0/s1. The summed E-state index contributed by atoms with van der Waals surface area (Å²) < 4.78 is 9.05. The number of nitrogens with zero attached hydrogens (tertiary/aromatic N) is 7. The van der Waals surface area contributed by atoms with Crippen LogP contribution in [-0.2, 0) is 18.3 Å². The zero-order valence-corrected chi connectivity index (χ0v) is 27.1. The molecule has 12 nitrogen and oxygen atoms in total. The number of piperazine rings is 1. The van der Waals surface area contributed by atoms with E-state index in [1.807, 2.05) is 24.4 Å². The molecule has 4 aromatic rings. The molecule has 1 unspecified atom stereocenters. The molecule has 3 atom stereocenters. The number of rotatable bonds is 7. The second-order valence-corrected chi connectivity index (χ2v) is 13.8. The third kappa shape index (κ3) is 4.46. The van der Waals surface area contributed by atoms with Crippen molar-refractivity contribution in [3.63, 3.8) is 0 Å². The van der Waals surface area contributed by atoms with Crippen molar-refractivity contribution in [2.24, 2.45) is 7.05 Å². The van der Waals surface area contributed by atoms with E-state index in [9.17, 15) is 14.4 Å². The molecule has 2 aliphatic carbocycles. The number of hydrogen-bond acceptors (Lipinski definition) is 9. The summed E-state index contributed by atoms with van der Waals surface area (Å²) in [6.45, 7) is 7.88. The van der Waals surface area contributed by atoms with Gasteiger partial charge >= 0.3 is 0 Å². The molecule has 3 fully saturated rings. The molecule has 7 heterocycles. The number of amides is 1. The number of aldehydes is 1. The van der Waals surface area contributed by atoms with Crippen LogP contribution in [0.5, 0.6) is 0 Å². The van der Waals surface area contributed by atoms with Crippen LogP contribution in [0.2, 0.25) is 0 Å². The van der Waals surface area contributed by atoms with Crippen molar-refractivity contribution >= 4 is 35.2 Å². The Kier molecular flexibility index (Phi) is 6.80. The molecule has 1 amide bonds. The van der Waals surface area contributed by atoms with Crippen LogP contribution in [-0.4, -0.2) is 87.7 Å². The van der Waals surface area contributed by atoms with E-state index in [0.717, 1.165) is 44.8 Å². The lowest BCUT2D eigenvalue weighted by Crippen LogP contribution is -2.59. The summed E-state index contributed by atoms with van der Waals surface area (Å²) in [5.41, 5.74) is 6.02. The maximum Gasteiger partial charge on any atom is 0.276 e. The van der Waals surface area contributed by atoms with Gasteiger partial charge in [0, 0.05) is 75.4 Å². The first kappa shape index (κ1) is 29.3. The smallest absolute Gasteiger partial charge is 0.276 e. The fourth-order valence-corrected chi connectivity index (χ4v) is 8.36. The highest BCUT2D eigenvalue weighted by Crippen LogP contribution is 2.61. The number of nitrogens with one attached hydrogen (secondary N) is 1. The Morgan fingerprint density at radius 2 is 1.85 bits per heavy atom. The van der Waals surface area contributed by atoms with E-state index >= 15 is 0 Å². The SMILES string of the molecule is C[C@H]1CN(C2COC2)CCN1c1ccc(Nc2cc(-c3ccnc(N4CCn5c(cc6c5[C@@H]5CCC65)C4=O)c3C=O)cn(C)c2=O)nc1. The molecule has 0 bridgehead atoms. The van der Waals surface area contributed by atoms with Gasteiger partial charge in [-0.05, 0) is 67.1 Å². The first-order valence-corrected chi connectivity index (χ1v) is 16.9. The highest BCUT2D eigenvalue weighted by atomic mass is 16.5. The normalized spacial score (nSPS) is 23.4. The largest absolute Gasteiger partial charge is 0.378 e. The van der Waals surface area contributed by atoms with Crippen LogP contribution in [0.3, 0.4) is 0 Å². The summed E-state index contributed by atoms with van der Waals surface area (Å²) in [5.74, 6) is 1.94. The van der Waals surface area contributed by atoms with Crippen molar-refractivity contribution in [3.05, 3.63) is 81.8 Å². The second-order valence-electron chi connectivity index (χ2n) is 13.8. The monoisotopic (exact) mass is 646 g/mol. The fraction of sp³-hybridized carbons (Fsp3) is 0.417. The summed E-state index contributed by atoms with van der Waals surface area (Å²) in [4.78, 5) is 55.4. The van der Waals surface area contributed by atoms with E-state index < -0.39 is 0 Å². The number of fused-ring (bicyclic) bond motifs is 6. The molecule has 0 aromatic carbocycles. The van der Waals surface area contributed by atoms with Gasteiger partial charge in [0.15, 0.2) is 6.29 Å². The van der Waals surface area contributed by atoms with Gasteiger partial charge in [0.05, 0.1) is 36.7 Å². The summed E-state index contributed by atoms with van der Waals surface area (Å²) in [7, 11) is 1.68. The van der Waals surface area contributed by atoms with E-state index in [4.69, 9.17) is 4.74 Å². The molecule has 0 radical (unpaired) electrons. The highest BCUT2D eigenvalue weighted by Gasteiger charge is 2.49. The van der Waals surface area contributed by atoms with Gasteiger partial charge in [-0.1, -0.05) is 0 Å². The van der Waals surface area contributed by atoms with Crippen LogP contribution in [0, 0.1) is 0 Å². The van der Waals surface area contributed by atoms with Crippen molar-refractivity contribution in [3.8, 4) is 11.1 Å². The Morgan fingerprint density at radius 3 is 2.56 bits per heavy atom. The molecule has 3 aliphatic heterocycles. The topological polar surface area (TPSA) is 118 Å². The maximum atomic E-state index is 13.8. The number of aromatic nitrogens is 4. The van der Waals surface area contributed by atoms with Crippen molar-refractivity contribution in [2.75, 3.05) is 54.5 Å². The number of pyridine rings is 3. The molecule has 5 aliphatic rings. The highest BCUT2D eigenvalue weighted by molar-refractivity contribution is 6.09. The van der Waals surface area contributed by atoms with Gasteiger partial charge in [-0.3, -0.25) is 24.2 Å². The minimum Gasteiger partial charge on any atom is -0.378 e. The molecular formula is C36H38N8O4. The summed E-state index contributed by atoms with van der Waals surface area (Å²) in [6, 6.07) is 10.3. The molecule has 2 saturated heterocycles. The lowest BCUT2D eigenvalue weighted by molar-refractivity contribution is -0.0691. The Balaban J connectivity index is 0.969. The molecule has 246 valence electrons. The molecule has 0 spiro atoms. The van der Waals surface area contributed by atoms with Crippen LogP contribution in [0.25, 0.3) is 11.1 Å². The number of hydrogen-bond donors (Lipinski definition) is 1. The number of carbonyl (C=O) groups is 2. The van der Waals surface area contributed by atoms with Crippen LogP contribution in [0.1, 0.15) is 63.7 Å². The Bertz CT molecular complexity index is 2020. The number of aryl methyl sites for hydroxylation is 1. The molecule has 12 heteroatoms. The Morgan fingerprint density at radius 1 is 1.00 bits per heavy atom. The van der Waals surface area contributed by atoms with E-state index in [1.165, 1.54) is 28.7 Å². The van der Waals surface area contributed by atoms with E-state index in [2.05, 4.69) is 36.6 Å². The van der Waals surface area contributed by atoms with Gasteiger partial charge in [0.1, 0.15) is 23.0 Å². The molecule has 4 aromatic heterocycles. The predicted molar refractivity (Wildman–Crippen MR) is 182 cm³/mol. The van der Waals surface area contributed by atoms with E-state index in [1.54, 1.807) is 36.5 Å². The zero-order chi connectivity index (χ0) is 32.7. The second kappa shape index (κ2) is 11.1. The third-order valence-corrected chi connectivity index (χ3v) is 11.2. The van der Waals surface area contributed by atoms with Gasteiger partial charge < -0.3 is 24.1 Å². The minimum absolute atomic E-state index is 0.135. The predicted octanol–water partition coefficient (Wildman–Crippen LogP) is 3.74. The summed E-state index contributed by atoms with van der Waals surface area (Å²) in [6.07, 6.45) is 8.32. The molecule has 9 rings (SSSR count). The van der Waals surface area contributed by atoms with Crippen molar-refractivity contribution in [1.29, 1.82) is 0 Å².